The van der Waals surface area contributed by atoms with Gasteiger partial charge in [-0.2, -0.15) is 0 Å². The second kappa shape index (κ2) is 10.6. The molecule has 1 saturated carbocycles. The Morgan fingerprint density at radius 1 is 0.968 bits per heavy atom. The van der Waals surface area contributed by atoms with Gasteiger partial charge in [0.2, 0.25) is 11.8 Å². The van der Waals surface area contributed by atoms with Crippen LogP contribution in [-0.2, 0) is 9.59 Å². The second-order valence-electron chi connectivity index (χ2n) is 9.41. The van der Waals surface area contributed by atoms with Crippen molar-refractivity contribution in [2.24, 2.45) is 11.7 Å². The Bertz CT molecular complexity index is 737. The van der Waals surface area contributed by atoms with Crippen molar-refractivity contribution in [2.75, 3.05) is 50.7 Å². The number of nitrogens with two attached hydrogens (primary N) is 1. The molecule has 0 radical (unpaired) electrons. The van der Waals surface area contributed by atoms with Crippen LogP contribution in [0.15, 0.2) is 24.3 Å². The van der Waals surface area contributed by atoms with Crippen LogP contribution in [0.3, 0.4) is 0 Å². The van der Waals surface area contributed by atoms with Crippen molar-refractivity contribution < 1.29 is 9.59 Å². The van der Waals surface area contributed by atoms with Gasteiger partial charge in [0, 0.05) is 57.4 Å². The fraction of sp³-hybridized carbons (Fsp3) is 0.667. The molecule has 0 spiro atoms. The quantitative estimate of drug-likeness (QED) is 0.451. The summed E-state index contributed by atoms with van der Waals surface area (Å²) in [4.78, 5) is 28.4. The molecule has 3 aliphatic rings. The largest absolute Gasteiger partial charge is 0.369 e. The molecule has 1 aliphatic carbocycles. The fourth-order valence-corrected chi connectivity index (χ4v) is 5.09. The summed E-state index contributed by atoms with van der Waals surface area (Å²) in [5.41, 5.74) is 8.21. The number of carbonyl (C=O) groups is 2. The number of anilines is 1. The molecule has 2 saturated heterocycles. The van der Waals surface area contributed by atoms with Crippen LogP contribution >= 0.6 is 0 Å². The molecule has 170 valence electrons. The van der Waals surface area contributed by atoms with E-state index in [1.54, 1.807) is 0 Å². The number of piperidine rings is 1. The molecule has 2 amide bonds. The molecule has 0 aromatic heterocycles. The SMILES string of the molecule is NC1CCC(CNCCN2CCN(c3ccc(C4CCC(=O)NC4=O)cc3)CC2)CC1. The zero-order chi connectivity index (χ0) is 21.6. The summed E-state index contributed by atoms with van der Waals surface area (Å²) < 4.78 is 0. The van der Waals surface area contributed by atoms with Gasteiger partial charge in [-0.1, -0.05) is 12.1 Å². The zero-order valence-corrected chi connectivity index (χ0v) is 18.5. The van der Waals surface area contributed by atoms with E-state index in [1.807, 2.05) is 12.1 Å². The van der Waals surface area contributed by atoms with E-state index in [9.17, 15) is 9.59 Å². The van der Waals surface area contributed by atoms with Crippen LogP contribution in [0.2, 0.25) is 0 Å². The van der Waals surface area contributed by atoms with E-state index in [0.717, 1.165) is 57.3 Å². The van der Waals surface area contributed by atoms with Gasteiger partial charge in [-0.05, 0) is 62.3 Å². The average Bonchev–Trinajstić information content (AvgIpc) is 2.79. The van der Waals surface area contributed by atoms with Crippen LogP contribution in [0.25, 0.3) is 0 Å². The lowest BCUT2D eigenvalue weighted by Gasteiger charge is -2.36. The first-order valence-corrected chi connectivity index (χ1v) is 12.0. The third kappa shape index (κ3) is 6.05. The maximum atomic E-state index is 12.1. The molecule has 2 heterocycles. The summed E-state index contributed by atoms with van der Waals surface area (Å²) >= 11 is 0. The number of hydrogen-bond donors (Lipinski definition) is 3. The number of nitrogens with zero attached hydrogens (tertiary/aromatic N) is 2. The minimum Gasteiger partial charge on any atom is -0.369 e. The molecule has 7 heteroatoms. The lowest BCUT2D eigenvalue weighted by atomic mass is 9.86. The molecule has 2 aliphatic heterocycles. The van der Waals surface area contributed by atoms with Crippen molar-refractivity contribution in [2.45, 2.75) is 50.5 Å². The van der Waals surface area contributed by atoms with Crippen molar-refractivity contribution in [1.29, 1.82) is 0 Å². The average molecular weight is 428 g/mol. The van der Waals surface area contributed by atoms with Crippen LogP contribution < -0.4 is 21.3 Å². The van der Waals surface area contributed by atoms with Crippen molar-refractivity contribution in [1.82, 2.24) is 15.5 Å². The van der Waals surface area contributed by atoms with Crippen LogP contribution in [0, 0.1) is 5.92 Å². The molecule has 0 bridgehead atoms. The van der Waals surface area contributed by atoms with Gasteiger partial charge >= 0.3 is 0 Å². The summed E-state index contributed by atoms with van der Waals surface area (Å²) in [7, 11) is 0. The molecular weight excluding hydrogens is 390 g/mol. The lowest BCUT2D eigenvalue weighted by molar-refractivity contribution is -0.134. The van der Waals surface area contributed by atoms with E-state index in [0.29, 0.717) is 18.9 Å². The number of benzene rings is 1. The summed E-state index contributed by atoms with van der Waals surface area (Å²) in [5.74, 6) is 0.268. The van der Waals surface area contributed by atoms with Gasteiger partial charge in [0.25, 0.3) is 0 Å². The van der Waals surface area contributed by atoms with Crippen molar-refractivity contribution in [3.8, 4) is 0 Å². The Kier molecular flexibility index (Phi) is 7.58. The van der Waals surface area contributed by atoms with E-state index in [2.05, 4.69) is 32.6 Å². The Morgan fingerprint density at radius 2 is 1.68 bits per heavy atom. The van der Waals surface area contributed by atoms with E-state index < -0.39 is 0 Å². The maximum Gasteiger partial charge on any atom is 0.234 e. The van der Waals surface area contributed by atoms with E-state index in [-0.39, 0.29) is 17.7 Å². The lowest BCUT2D eigenvalue weighted by Crippen LogP contribution is -2.48. The third-order valence-electron chi connectivity index (χ3n) is 7.20. The fourth-order valence-electron chi connectivity index (χ4n) is 5.09. The van der Waals surface area contributed by atoms with Crippen molar-refractivity contribution in [3.05, 3.63) is 29.8 Å². The van der Waals surface area contributed by atoms with E-state index in [4.69, 9.17) is 5.73 Å². The summed E-state index contributed by atoms with van der Waals surface area (Å²) in [5, 5.41) is 6.10. The molecule has 1 atom stereocenters. The van der Waals surface area contributed by atoms with Crippen molar-refractivity contribution >= 4 is 17.5 Å². The third-order valence-corrected chi connectivity index (χ3v) is 7.20. The highest BCUT2D eigenvalue weighted by molar-refractivity contribution is 6.00. The smallest absolute Gasteiger partial charge is 0.234 e. The highest BCUT2D eigenvalue weighted by Gasteiger charge is 2.28. The first kappa shape index (κ1) is 22.2. The molecular formula is C24H37N5O2. The number of rotatable bonds is 7. The number of piperazine rings is 1. The molecule has 1 aromatic rings. The molecule has 1 unspecified atom stereocenters. The number of carbonyl (C=O) groups excluding carboxylic acids is 2. The molecule has 3 fully saturated rings. The summed E-state index contributed by atoms with van der Waals surface area (Å²) in [6.07, 6.45) is 5.94. The minimum atomic E-state index is -0.207. The van der Waals surface area contributed by atoms with Gasteiger partial charge in [-0.3, -0.25) is 19.8 Å². The Morgan fingerprint density at radius 3 is 2.35 bits per heavy atom. The number of nitrogens with one attached hydrogen (secondary N) is 2. The Hall–Kier alpha value is -1.96. The molecule has 1 aromatic carbocycles. The maximum absolute atomic E-state index is 12.1. The van der Waals surface area contributed by atoms with Crippen LogP contribution in [0.5, 0.6) is 0 Å². The first-order chi connectivity index (χ1) is 15.1. The van der Waals surface area contributed by atoms with Gasteiger partial charge in [-0.15, -0.1) is 0 Å². The molecule has 4 rings (SSSR count). The topological polar surface area (TPSA) is 90.7 Å². The standard InChI is InChI=1S/C24H37N5O2/c25-20-5-1-18(2-6-20)17-26-11-12-28-13-15-29(16-14-28)21-7-3-19(4-8-21)22-9-10-23(30)27-24(22)31/h3-4,7-8,18,20,22,26H,1-2,5-6,9-17,25H2,(H,27,30,31). The normalized spacial score (nSPS) is 27.9. The van der Waals surface area contributed by atoms with Crippen molar-refractivity contribution in [3.63, 3.8) is 0 Å². The van der Waals surface area contributed by atoms with Crippen LogP contribution in [-0.4, -0.2) is 68.6 Å². The predicted octanol–water partition coefficient (Wildman–Crippen LogP) is 1.44. The number of amides is 2. The van der Waals surface area contributed by atoms with Gasteiger partial charge in [0.1, 0.15) is 0 Å². The number of hydrogen-bond acceptors (Lipinski definition) is 6. The molecule has 7 nitrogen and oxygen atoms in total. The monoisotopic (exact) mass is 427 g/mol. The minimum absolute atomic E-state index is 0.162. The second-order valence-corrected chi connectivity index (χ2v) is 9.41. The zero-order valence-electron chi connectivity index (χ0n) is 18.5. The van der Waals surface area contributed by atoms with Crippen LogP contribution in [0.4, 0.5) is 5.69 Å². The Balaban J connectivity index is 1.16. The summed E-state index contributed by atoms with van der Waals surface area (Å²) in [6, 6.07) is 8.76. The van der Waals surface area contributed by atoms with Gasteiger partial charge in [0.05, 0.1) is 5.92 Å². The van der Waals surface area contributed by atoms with Crippen LogP contribution in [0.1, 0.15) is 50.0 Å². The summed E-state index contributed by atoms with van der Waals surface area (Å²) in [6.45, 7) is 7.50. The predicted molar refractivity (Wildman–Crippen MR) is 123 cm³/mol. The van der Waals surface area contributed by atoms with Gasteiger partial charge < -0.3 is 16.0 Å². The highest BCUT2D eigenvalue weighted by atomic mass is 16.2. The Labute approximate surface area is 185 Å². The van der Waals surface area contributed by atoms with E-state index >= 15 is 0 Å². The van der Waals surface area contributed by atoms with Gasteiger partial charge in [0.15, 0.2) is 0 Å². The number of imide groups is 1. The van der Waals surface area contributed by atoms with Gasteiger partial charge in [-0.25, -0.2) is 0 Å². The first-order valence-electron chi connectivity index (χ1n) is 12.0. The highest BCUT2D eigenvalue weighted by Crippen LogP contribution is 2.27. The van der Waals surface area contributed by atoms with E-state index in [1.165, 1.54) is 31.4 Å². The molecule has 31 heavy (non-hydrogen) atoms. The molecule has 4 N–H and O–H groups in total.